The van der Waals surface area contributed by atoms with E-state index in [2.05, 4.69) is 6.92 Å². The number of carbonyl (C=O) groups excluding carboxylic acids is 1. The smallest absolute Gasteiger partial charge is 0.229 e. The molecule has 1 fully saturated rings. The molecule has 0 aromatic carbocycles. The van der Waals surface area contributed by atoms with Crippen molar-refractivity contribution in [3.8, 4) is 0 Å². The maximum Gasteiger partial charge on any atom is 0.229 e. The fourth-order valence-electron chi connectivity index (χ4n) is 2.77. The van der Waals surface area contributed by atoms with Gasteiger partial charge in [0.2, 0.25) is 5.91 Å². The summed E-state index contributed by atoms with van der Waals surface area (Å²) >= 11 is 0. The van der Waals surface area contributed by atoms with Crippen LogP contribution in [-0.4, -0.2) is 44.7 Å². The van der Waals surface area contributed by atoms with E-state index in [1.165, 1.54) is 0 Å². The molecule has 106 valence electrons. The fraction of sp³-hybridized carbons (Fsp3) is 0.929. The van der Waals surface area contributed by atoms with Crippen LogP contribution in [0.1, 0.15) is 39.0 Å². The first-order chi connectivity index (χ1) is 8.55. The minimum Gasteiger partial charge on any atom is -0.385 e. The van der Waals surface area contributed by atoms with Gasteiger partial charge in [0.05, 0.1) is 5.41 Å². The van der Waals surface area contributed by atoms with Crippen molar-refractivity contribution in [3.05, 3.63) is 0 Å². The zero-order chi connectivity index (χ0) is 13.6. The van der Waals surface area contributed by atoms with Crippen LogP contribution in [-0.2, 0) is 9.53 Å². The molecule has 0 atom stereocenters. The molecular weight excluding hydrogens is 228 g/mol. The molecule has 1 aliphatic carbocycles. The van der Waals surface area contributed by atoms with Gasteiger partial charge in [0, 0.05) is 33.9 Å². The number of carbonyl (C=O) groups is 1. The van der Waals surface area contributed by atoms with Crippen molar-refractivity contribution in [2.24, 2.45) is 17.1 Å². The Morgan fingerprint density at radius 3 is 2.56 bits per heavy atom. The lowest BCUT2D eigenvalue weighted by Crippen LogP contribution is -2.48. The second kappa shape index (κ2) is 7.10. The SMILES string of the molecule is COCCCN(C)C(=O)C1(CN)CCC(C)CC1. The topological polar surface area (TPSA) is 55.6 Å². The summed E-state index contributed by atoms with van der Waals surface area (Å²) in [6.07, 6.45) is 5.01. The minimum atomic E-state index is -0.297. The number of rotatable bonds is 6. The summed E-state index contributed by atoms with van der Waals surface area (Å²) in [4.78, 5) is 14.4. The zero-order valence-corrected chi connectivity index (χ0v) is 12.1. The van der Waals surface area contributed by atoms with Crippen LogP contribution in [0.2, 0.25) is 0 Å². The van der Waals surface area contributed by atoms with Crippen molar-refractivity contribution in [1.82, 2.24) is 4.90 Å². The van der Waals surface area contributed by atoms with Crippen molar-refractivity contribution in [2.75, 3.05) is 33.9 Å². The van der Waals surface area contributed by atoms with Crippen LogP contribution in [0, 0.1) is 11.3 Å². The molecule has 2 N–H and O–H groups in total. The standard InChI is InChI=1S/C14H28N2O2/c1-12-5-7-14(11-15,8-6-12)13(17)16(2)9-4-10-18-3/h12H,4-11,15H2,1-3H3. The summed E-state index contributed by atoms with van der Waals surface area (Å²) in [6.45, 7) is 4.19. The van der Waals surface area contributed by atoms with Gasteiger partial charge in [0.25, 0.3) is 0 Å². The van der Waals surface area contributed by atoms with Crippen molar-refractivity contribution in [2.45, 2.75) is 39.0 Å². The number of amides is 1. The molecule has 0 saturated heterocycles. The molecular formula is C14H28N2O2. The Morgan fingerprint density at radius 2 is 2.06 bits per heavy atom. The van der Waals surface area contributed by atoms with Crippen LogP contribution in [0.3, 0.4) is 0 Å². The predicted molar refractivity (Wildman–Crippen MR) is 73.2 cm³/mol. The Hall–Kier alpha value is -0.610. The zero-order valence-electron chi connectivity index (χ0n) is 12.1. The van der Waals surface area contributed by atoms with Crippen LogP contribution < -0.4 is 5.73 Å². The van der Waals surface area contributed by atoms with Gasteiger partial charge in [-0.25, -0.2) is 0 Å². The summed E-state index contributed by atoms with van der Waals surface area (Å²) in [5.74, 6) is 0.962. The van der Waals surface area contributed by atoms with E-state index in [0.29, 0.717) is 13.2 Å². The first-order valence-corrected chi connectivity index (χ1v) is 7.00. The van der Waals surface area contributed by atoms with E-state index < -0.39 is 0 Å². The van der Waals surface area contributed by atoms with Crippen molar-refractivity contribution >= 4 is 5.91 Å². The summed E-state index contributed by atoms with van der Waals surface area (Å²) in [6, 6.07) is 0. The van der Waals surface area contributed by atoms with Gasteiger partial charge in [0.1, 0.15) is 0 Å². The Balaban J connectivity index is 2.55. The third-order valence-corrected chi connectivity index (χ3v) is 4.26. The molecule has 0 bridgehead atoms. The van der Waals surface area contributed by atoms with E-state index >= 15 is 0 Å². The molecule has 0 unspecified atom stereocenters. The van der Waals surface area contributed by atoms with E-state index in [1.807, 2.05) is 11.9 Å². The second-order valence-electron chi connectivity index (χ2n) is 5.74. The molecule has 0 heterocycles. The summed E-state index contributed by atoms with van der Waals surface area (Å²) < 4.78 is 5.02. The molecule has 0 spiro atoms. The Morgan fingerprint density at radius 1 is 1.44 bits per heavy atom. The second-order valence-corrected chi connectivity index (χ2v) is 5.74. The molecule has 1 aliphatic rings. The molecule has 18 heavy (non-hydrogen) atoms. The van der Waals surface area contributed by atoms with Gasteiger partial charge >= 0.3 is 0 Å². The third-order valence-electron chi connectivity index (χ3n) is 4.26. The largest absolute Gasteiger partial charge is 0.385 e. The van der Waals surface area contributed by atoms with Gasteiger partial charge in [0.15, 0.2) is 0 Å². The lowest BCUT2D eigenvalue weighted by molar-refractivity contribution is -0.142. The molecule has 1 rings (SSSR count). The molecule has 1 saturated carbocycles. The normalized spacial score (nSPS) is 28.1. The van der Waals surface area contributed by atoms with Gasteiger partial charge < -0.3 is 15.4 Å². The van der Waals surface area contributed by atoms with Crippen molar-refractivity contribution in [1.29, 1.82) is 0 Å². The van der Waals surface area contributed by atoms with E-state index in [4.69, 9.17) is 10.5 Å². The van der Waals surface area contributed by atoms with Crippen LogP contribution >= 0.6 is 0 Å². The molecule has 0 aliphatic heterocycles. The highest BCUT2D eigenvalue weighted by molar-refractivity contribution is 5.82. The Kier molecular flexibility index (Phi) is 6.09. The van der Waals surface area contributed by atoms with Gasteiger partial charge in [-0.05, 0) is 38.0 Å². The highest BCUT2D eigenvalue weighted by atomic mass is 16.5. The maximum atomic E-state index is 12.6. The maximum absolute atomic E-state index is 12.6. The van der Waals surface area contributed by atoms with Gasteiger partial charge in [-0.15, -0.1) is 0 Å². The molecule has 4 nitrogen and oxygen atoms in total. The quantitative estimate of drug-likeness (QED) is 0.735. The highest BCUT2D eigenvalue weighted by Gasteiger charge is 2.41. The molecule has 1 amide bonds. The number of hydrogen-bond donors (Lipinski definition) is 1. The van der Waals surface area contributed by atoms with E-state index in [1.54, 1.807) is 7.11 Å². The number of methoxy groups -OCH3 is 1. The average molecular weight is 256 g/mol. The lowest BCUT2D eigenvalue weighted by Gasteiger charge is -2.39. The minimum absolute atomic E-state index is 0.230. The van der Waals surface area contributed by atoms with Gasteiger partial charge in [-0.2, -0.15) is 0 Å². The summed E-state index contributed by atoms with van der Waals surface area (Å²) in [5.41, 5.74) is 5.61. The molecule has 4 heteroatoms. The molecule has 0 radical (unpaired) electrons. The summed E-state index contributed by atoms with van der Waals surface area (Å²) in [7, 11) is 3.57. The Bertz CT molecular complexity index is 261. The van der Waals surface area contributed by atoms with E-state index in [9.17, 15) is 4.79 Å². The number of hydrogen-bond acceptors (Lipinski definition) is 3. The number of nitrogens with two attached hydrogens (primary N) is 1. The molecule has 0 aromatic heterocycles. The average Bonchev–Trinajstić information content (AvgIpc) is 2.39. The highest BCUT2D eigenvalue weighted by Crippen LogP contribution is 2.39. The monoisotopic (exact) mass is 256 g/mol. The number of ether oxygens (including phenoxy) is 1. The van der Waals surface area contributed by atoms with Gasteiger partial charge in [-0.3, -0.25) is 4.79 Å². The first-order valence-electron chi connectivity index (χ1n) is 7.00. The van der Waals surface area contributed by atoms with Crippen LogP contribution in [0.25, 0.3) is 0 Å². The third kappa shape index (κ3) is 3.69. The van der Waals surface area contributed by atoms with Crippen LogP contribution in [0.5, 0.6) is 0 Å². The number of nitrogens with zero attached hydrogens (tertiary/aromatic N) is 1. The van der Waals surface area contributed by atoms with Crippen molar-refractivity contribution in [3.63, 3.8) is 0 Å². The van der Waals surface area contributed by atoms with Crippen LogP contribution in [0.15, 0.2) is 0 Å². The Labute approximate surface area is 111 Å². The van der Waals surface area contributed by atoms with Crippen LogP contribution in [0.4, 0.5) is 0 Å². The summed E-state index contributed by atoms with van der Waals surface area (Å²) in [5, 5.41) is 0. The fourth-order valence-corrected chi connectivity index (χ4v) is 2.77. The first kappa shape index (κ1) is 15.4. The molecule has 0 aromatic rings. The van der Waals surface area contributed by atoms with Crippen molar-refractivity contribution < 1.29 is 9.53 Å². The van der Waals surface area contributed by atoms with Gasteiger partial charge in [-0.1, -0.05) is 6.92 Å². The van der Waals surface area contributed by atoms with E-state index in [0.717, 1.165) is 44.6 Å². The lowest BCUT2D eigenvalue weighted by atomic mass is 9.70. The predicted octanol–water partition coefficient (Wildman–Crippen LogP) is 1.64. The van der Waals surface area contributed by atoms with E-state index in [-0.39, 0.29) is 11.3 Å².